The fraction of sp³-hybridized carbons (Fsp3) is 0.344. The molecule has 3 rings (SSSR count). The number of ether oxygens (including phenoxy) is 2. The van der Waals surface area contributed by atoms with E-state index in [-0.39, 0.29) is 50.5 Å². The molecule has 3 aromatic carbocycles. The molecule has 236 valence electrons. The molecule has 0 heterocycles. The van der Waals surface area contributed by atoms with Crippen molar-refractivity contribution >= 4 is 69.6 Å². The lowest BCUT2D eigenvalue weighted by molar-refractivity contribution is -0.268. The van der Waals surface area contributed by atoms with Gasteiger partial charge in [-0.2, -0.15) is 0 Å². The predicted molar refractivity (Wildman–Crippen MR) is 171 cm³/mol. The van der Waals surface area contributed by atoms with Crippen molar-refractivity contribution in [2.75, 3.05) is 10.2 Å². The minimum Gasteiger partial charge on any atom is -0.870 e. The fourth-order valence-corrected chi connectivity index (χ4v) is 5.18. The number of carbonyl (C=O) groups is 3. The van der Waals surface area contributed by atoms with Gasteiger partial charge in [-0.15, -0.1) is 0 Å². The molecule has 0 aliphatic rings. The van der Waals surface area contributed by atoms with Crippen molar-refractivity contribution in [2.24, 2.45) is 0 Å². The van der Waals surface area contributed by atoms with Gasteiger partial charge in [-0.1, -0.05) is 72.1 Å². The summed E-state index contributed by atoms with van der Waals surface area (Å²) in [7, 11) is 0. The SMILES string of the molecule is CCc1c(N(C(=O)C(=O)OC(C)(C)C)c2cc(Cl)c([O-])c(Cl)c2)cc(NC(=O)C(CC)Oc2ccc(C)cc2C)c(O)c1Cl. The molecule has 0 aliphatic heterocycles. The Kier molecular flexibility index (Phi) is 11.1. The van der Waals surface area contributed by atoms with E-state index in [1.54, 1.807) is 40.7 Å². The number of aryl methyl sites for hydroxylation is 2. The van der Waals surface area contributed by atoms with Crippen LogP contribution in [-0.2, 0) is 25.5 Å². The monoisotopic (exact) mass is 663 g/mol. The van der Waals surface area contributed by atoms with Gasteiger partial charge in [0.15, 0.2) is 11.9 Å². The molecular formula is C32H34Cl3N2O7-. The maximum atomic E-state index is 13.7. The minimum atomic E-state index is -1.22. The highest BCUT2D eigenvalue weighted by atomic mass is 35.5. The molecule has 12 heteroatoms. The fourth-order valence-electron chi connectivity index (χ4n) is 4.37. The van der Waals surface area contributed by atoms with Gasteiger partial charge in [0.2, 0.25) is 0 Å². The topological polar surface area (TPSA) is 128 Å². The van der Waals surface area contributed by atoms with Gasteiger partial charge >= 0.3 is 11.9 Å². The number of phenolic OH excluding ortho intramolecular Hbond substituents is 1. The normalized spacial score (nSPS) is 12.0. The van der Waals surface area contributed by atoms with Crippen LogP contribution in [0.5, 0.6) is 17.2 Å². The Labute approximate surface area is 271 Å². The molecule has 44 heavy (non-hydrogen) atoms. The molecule has 0 aromatic heterocycles. The molecule has 0 saturated carbocycles. The summed E-state index contributed by atoms with van der Waals surface area (Å²) < 4.78 is 11.3. The van der Waals surface area contributed by atoms with Crippen molar-refractivity contribution < 1.29 is 34.1 Å². The van der Waals surface area contributed by atoms with Gasteiger partial charge in [0, 0.05) is 10.0 Å². The van der Waals surface area contributed by atoms with Crippen LogP contribution in [0.25, 0.3) is 0 Å². The number of hydrogen-bond acceptors (Lipinski definition) is 7. The second-order valence-electron chi connectivity index (χ2n) is 11.1. The lowest BCUT2D eigenvalue weighted by Crippen LogP contribution is -2.38. The Morgan fingerprint density at radius 2 is 1.64 bits per heavy atom. The van der Waals surface area contributed by atoms with E-state index >= 15 is 0 Å². The number of anilines is 3. The van der Waals surface area contributed by atoms with Crippen LogP contribution >= 0.6 is 34.8 Å². The second kappa shape index (κ2) is 14.0. The number of nitrogens with one attached hydrogen (secondary N) is 1. The van der Waals surface area contributed by atoms with E-state index in [9.17, 15) is 24.6 Å². The first kappa shape index (κ1) is 34.8. The molecule has 2 N–H and O–H groups in total. The Morgan fingerprint density at radius 3 is 2.16 bits per heavy atom. The Morgan fingerprint density at radius 1 is 1.02 bits per heavy atom. The summed E-state index contributed by atoms with van der Waals surface area (Å²) in [5, 5.41) is 25.1. The predicted octanol–water partition coefficient (Wildman–Crippen LogP) is 7.41. The average molecular weight is 665 g/mol. The first-order valence-electron chi connectivity index (χ1n) is 13.8. The molecule has 9 nitrogen and oxygen atoms in total. The molecule has 1 unspecified atom stereocenters. The third kappa shape index (κ3) is 7.88. The zero-order chi connectivity index (χ0) is 33.1. The minimum absolute atomic E-state index is 0.00980. The molecule has 0 fully saturated rings. The van der Waals surface area contributed by atoms with Crippen LogP contribution in [0.3, 0.4) is 0 Å². The van der Waals surface area contributed by atoms with Crippen LogP contribution in [-0.4, -0.2) is 34.6 Å². The smallest absolute Gasteiger partial charge is 0.398 e. The van der Waals surface area contributed by atoms with Crippen molar-refractivity contribution in [2.45, 2.75) is 73.0 Å². The Hall–Kier alpha value is -3.66. The maximum absolute atomic E-state index is 13.7. The summed E-state index contributed by atoms with van der Waals surface area (Å²) >= 11 is 18.8. The number of phenols is 1. The number of rotatable bonds is 8. The van der Waals surface area contributed by atoms with Crippen LogP contribution in [0, 0.1) is 13.8 Å². The number of carbonyl (C=O) groups excluding carboxylic acids is 3. The number of benzene rings is 3. The maximum Gasteiger partial charge on any atom is 0.398 e. The van der Waals surface area contributed by atoms with Crippen molar-refractivity contribution in [1.82, 2.24) is 0 Å². The zero-order valence-corrected chi connectivity index (χ0v) is 27.7. The second-order valence-corrected chi connectivity index (χ2v) is 12.3. The van der Waals surface area contributed by atoms with Crippen molar-refractivity contribution in [3.05, 3.63) is 68.2 Å². The van der Waals surface area contributed by atoms with Gasteiger partial charge in [-0.25, -0.2) is 4.79 Å². The third-order valence-electron chi connectivity index (χ3n) is 6.45. The Balaban J connectivity index is 2.15. The zero-order valence-electron chi connectivity index (χ0n) is 25.4. The summed E-state index contributed by atoms with van der Waals surface area (Å²) in [4.78, 5) is 41.1. The molecule has 0 radical (unpaired) electrons. The third-order valence-corrected chi connectivity index (χ3v) is 7.42. The van der Waals surface area contributed by atoms with Gasteiger partial charge in [-0.3, -0.25) is 14.5 Å². The standard InChI is InChI=1S/C32H35Cl3N2O7/c1-8-19-23(37(30(41)31(42)44-32(5,6)7)18-13-20(33)27(38)21(34)14-18)15-22(28(39)26(19)35)36-29(40)24(9-2)43-25-11-10-16(3)12-17(25)4/h10-15,24,38-39H,8-9H2,1-7H3,(H,36,40)/p-1. The van der Waals surface area contributed by atoms with Gasteiger partial charge in [0.05, 0.1) is 22.1 Å². The van der Waals surface area contributed by atoms with E-state index < -0.39 is 41.0 Å². The van der Waals surface area contributed by atoms with E-state index in [2.05, 4.69) is 5.32 Å². The lowest BCUT2D eigenvalue weighted by Gasteiger charge is -2.29. The van der Waals surface area contributed by atoms with Crippen molar-refractivity contribution in [1.29, 1.82) is 0 Å². The number of hydrogen-bond donors (Lipinski definition) is 2. The van der Waals surface area contributed by atoms with Crippen LogP contribution in [0.1, 0.15) is 57.7 Å². The molecule has 2 amide bonds. The van der Waals surface area contributed by atoms with E-state index in [1.165, 1.54) is 18.2 Å². The molecular weight excluding hydrogens is 631 g/mol. The summed E-state index contributed by atoms with van der Waals surface area (Å²) in [5.74, 6) is -3.60. The summed E-state index contributed by atoms with van der Waals surface area (Å²) in [6, 6.07) is 9.18. The van der Waals surface area contributed by atoms with Crippen molar-refractivity contribution in [3.8, 4) is 17.2 Å². The number of halogens is 3. The number of nitrogens with zero attached hydrogens (tertiary/aromatic N) is 1. The molecule has 0 saturated heterocycles. The Bertz CT molecular complexity index is 1580. The first-order chi connectivity index (χ1) is 20.5. The summed E-state index contributed by atoms with van der Waals surface area (Å²) in [5.41, 5.74) is 0.912. The van der Waals surface area contributed by atoms with Gasteiger partial charge in [-0.05, 0) is 82.9 Å². The highest BCUT2D eigenvalue weighted by Gasteiger charge is 2.33. The molecule has 0 bridgehead atoms. The van der Waals surface area contributed by atoms with Gasteiger partial charge < -0.3 is 25.0 Å². The average Bonchev–Trinajstić information content (AvgIpc) is 2.93. The summed E-state index contributed by atoms with van der Waals surface area (Å²) in [6.07, 6.45) is -0.483. The van der Waals surface area contributed by atoms with Gasteiger partial charge in [0.25, 0.3) is 5.91 Å². The highest BCUT2D eigenvalue weighted by molar-refractivity contribution is 6.42. The molecule has 0 aliphatic carbocycles. The van der Waals surface area contributed by atoms with E-state index in [1.807, 2.05) is 26.0 Å². The van der Waals surface area contributed by atoms with Gasteiger partial charge in [0.1, 0.15) is 11.4 Å². The number of amides is 2. The number of esters is 1. The molecule has 0 spiro atoms. The van der Waals surface area contributed by atoms with E-state index in [0.717, 1.165) is 16.0 Å². The highest BCUT2D eigenvalue weighted by Crippen LogP contribution is 2.45. The van der Waals surface area contributed by atoms with E-state index in [0.29, 0.717) is 5.75 Å². The van der Waals surface area contributed by atoms with Crippen LogP contribution < -0.4 is 20.1 Å². The lowest BCUT2D eigenvalue weighted by atomic mass is 10.1. The quantitative estimate of drug-likeness (QED) is 0.146. The summed E-state index contributed by atoms with van der Waals surface area (Å²) in [6.45, 7) is 12.1. The van der Waals surface area contributed by atoms with Crippen LogP contribution in [0.2, 0.25) is 15.1 Å². The van der Waals surface area contributed by atoms with Crippen LogP contribution in [0.4, 0.5) is 17.1 Å². The van der Waals surface area contributed by atoms with E-state index in [4.69, 9.17) is 44.3 Å². The van der Waals surface area contributed by atoms with Crippen LogP contribution in [0.15, 0.2) is 36.4 Å². The largest absolute Gasteiger partial charge is 0.870 e. The number of aromatic hydroxyl groups is 1. The first-order valence-corrected chi connectivity index (χ1v) is 14.9. The van der Waals surface area contributed by atoms with Crippen molar-refractivity contribution in [3.63, 3.8) is 0 Å². The molecule has 1 atom stereocenters. The molecule has 3 aromatic rings.